The molecule has 0 spiro atoms. The van der Waals surface area contributed by atoms with Crippen molar-refractivity contribution in [3.63, 3.8) is 0 Å². The van der Waals surface area contributed by atoms with E-state index in [1.165, 1.54) is 6.92 Å². The molecule has 21 heavy (non-hydrogen) atoms. The van der Waals surface area contributed by atoms with Gasteiger partial charge in [-0.25, -0.2) is 4.98 Å². The van der Waals surface area contributed by atoms with Crippen molar-refractivity contribution < 1.29 is 9.53 Å². The van der Waals surface area contributed by atoms with Gasteiger partial charge in [-0.3, -0.25) is 4.79 Å². The lowest BCUT2D eigenvalue weighted by Gasteiger charge is -2.11. The first-order chi connectivity index (χ1) is 9.86. The van der Waals surface area contributed by atoms with Crippen molar-refractivity contribution in [1.82, 2.24) is 9.97 Å². The molecule has 0 bridgehead atoms. The van der Waals surface area contributed by atoms with Gasteiger partial charge in [0.2, 0.25) is 0 Å². The summed E-state index contributed by atoms with van der Waals surface area (Å²) in [6.07, 6.45) is 0. The smallest absolute Gasteiger partial charge is 0.322 e. The molecule has 5 nitrogen and oxygen atoms in total. The molecule has 1 aromatic carbocycles. The maximum absolute atomic E-state index is 11.7. The van der Waals surface area contributed by atoms with Crippen molar-refractivity contribution in [3.8, 4) is 11.8 Å². The van der Waals surface area contributed by atoms with Crippen molar-refractivity contribution >= 4 is 11.5 Å². The lowest BCUT2D eigenvalue weighted by atomic mass is 10.1. The fourth-order valence-corrected chi connectivity index (χ4v) is 1.92. The minimum Gasteiger partial charge on any atom is -0.424 e. The van der Waals surface area contributed by atoms with Gasteiger partial charge >= 0.3 is 6.01 Å². The summed E-state index contributed by atoms with van der Waals surface area (Å²) in [5, 5.41) is 0. The van der Waals surface area contributed by atoms with E-state index in [0.717, 1.165) is 11.4 Å². The zero-order chi connectivity index (χ0) is 15.6. The van der Waals surface area contributed by atoms with Crippen LogP contribution in [0.2, 0.25) is 0 Å². The van der Waals surface area contributed by atoms with Crippen LogP contribution >= 0.6 is 0 Å². The second kappa shape index (κ2) is 5.91. The second-order valence-corrected chi connectivity index (χ2v) is 5.29. The fourth-order valence-electron chi connectivity index (χ4n) is 1.92. The summed E-state index contributed by atoms with van der Waals surface area (Å²) < 4.78 is 5.70. The van der Waals surface area contributed by atoms with E-state index in [1.807, 2.05) is 13.0 Å². The maximum atomic E-state index is 11.7. The average Bonchev–Trinajstić information content (AvgIpc) is 2.40. The van der Waals surface area contributed by atoms with Gasteiger partial charge in [-0.15, -0.1) is 0 Å². The van der Waals surface area contributed by atoms with Crippen molar-refractivity contribution in [2.75, 3.05) is 5.73 Å². The van der Waals surface area contributed by atoms with Gasteiger partial charge in [0.05, 0.1) is 11.3 Å². The van der Waals surface area contributed by atoms with E-state index in [2.05, 4.69) is 23.8 Å². The minimum atomic E-state index is -0.117. The summed E-state index contributed by atoms with van der Waals surface area (Å²) in [5.74, 6) is 0.568. The number of aryl methyl sites for hydroxylation is 1. The first-order valence-corrected chi connectivity index (χ1v) is 6.80. The Labute approximate surface area is 124 Å². The van der Waals surface area contributed by atoms with Crippen LogP contribution in [0.15, 0.2) is 24.3 Å². The number of anilines is 1. The second-order valence-electron chi connectivity index (χ2n) is 5.29. The van der Waals surface area contributed by atoms with Gasteiger partial charge in [0, 0.05) is 11.4 Å². The third-order valence-corrected chi connectivity index (χ3v) is 3.03. The largest absolute Gasteiger partial charge is 0.424 e. The highest BCUT2D eigenvalue weighted by molar-refractivity contribution is 5.97. The summed E-state index contributed by atoms with van der Waals surface area (Å²) in [6.45, 7) is 7.46. The number of ketones is 1. The number of nitrogens with zero attached hydrogens (tertiary/aromatic N) is 2. The molecule has 0 atom stereocenters. The Hall–Kier alpha value is -2.43. The van der Waals surface area contributed by atoms with E-state index in [4.69, 9.17) is 10.5 Å². The highest BCUT2D eigenvalue weighted by Gasteiger charge is 2.13. The summed E-state index contributed by atoms with van der Waals surface area (Å²) in [6, 6.07) is 7.10. The van der Waals surface area contributed by atoms with Crippen LogP contribution in [0.3, 0.4) is 0 Å². The molecule has 0 saturated heterocycles. The number of nitrogen functional groups attached to an aromatic ring is 1. The number of rotatable bonds is 4. The molecule has 1 heterocycles. The number of ether oxygens (including phenoxy) is 1. The molecule has 0 amide bonds. The van der Waals surface area contributed by atoms with Crippen LogP contribution in [0.5, 0.6) is 11.8 Å². The Morgan fingerprint density at radius 1 is 1.24 bits per heavy atom. The molecule has 2 aromatic rings. The van der Waals surface area contributed by atoms with E-state index >= 15 is 0 Å². The zero-order valence-corrected chi connectivity index (χ0v) is 12.7. The molecule has 1 aromatic heterocycles. The molecule has 0 radical (unpaired) electrons. The van der Waals surface area contributed by atoms with Gasteiger partial charge < -0.3 is 10.5 Å². The summed E-state index contributed by atoms with van der Waals surface area (Å²) in [7, 11) is 0. The van der Waals surface area contributed by atoms with E-state index in [1.54, 1.807) is 18.2 Å². The van der Waals surface area contributed by atoms with Crippen molar-refractivity contribution in [3.05, 3.63) is 41.2 Å². The molecular weight excluding hydrogens is 266 g/mol. The van der Waals surface area contributed by atoms with Crippen LogP contribution in [-0.2, 0) is 0 Å². The van der Waals surface area contributed by atoms with Gasteiger partial charge in [-0.1, -0.05) is 13.8 Å². The topological polar surface area (TPSA) is 78.1 Å². The molecule has 5 heteroatoms. The number of benzene rings is 1. The van der Waals surface area contributed by atoms with E-state index in [9.17, 15) is 4.79 Å². The summed E-state index contributed by atoms with van der Waals surface area (Å²) >= 11 is 0. The molecule has 2 N–H and O–H groups in total. The van der Waals surface area contributed by atoms with Crippen LogP contribution < -0.4 is 10.5 Å². The lowest BCUT2D eigenvalue weighted by Crippen LogP contribution is -2.03. The summed E-state index contributed by atoms with van der Waals surface area (Å²) in [4.78, 5) is 20.3. The van der Waals surface area contributed by atoms with E-state index in [0.29, 0.717) is 17.0 Å². The number of hydrogen-bond donors (Lipinski definition) is 1. The quantitative estimate of drug-likeness (QED) is 0.687. The van der Waals surface area contributed by atoms with Crippen molar-refractivity contribution in [2.45, 2.75) is 33.6 Å². The number of Topliss-reactive ketones (excluding diaryl/α,β-unsaturated/α-hetero) is 1. The van der Waals surface area contributed by atoms with Crippen molar-refractivity contribution in [2.24, 2.45) is 0 Å². The Kier molecular flexibility index (Phi) is 4.21. The molecule has 110 valence electrons. The van der Waals surface area contributed by atoms with Gasteiger partial charge in [0.25, 0.3) is 0 Å². The Morgan fingerprint density at radius 2 is 1.95 bits per heavy atom. The van der Waals surface area contributed by atoms with Crippen LogP contribution in [0, 0.1) is 6.92 Å². The SMILES string of the molecule is CC(=O)c1cc(N)ccc1Oc1nc(C)cc(C(C)C)n1. The average molecular weight is 285 g/mol. The van der Waals surface area contributed by atoms with Crippen LogP contribution in [0.1, 0.15) is 48.4 Å². The van der Waals surface area contributed by atoms with Gasteiger partial charge in [0.15, 0.2) is 5.78 Å². The monoisotopic (exact) mass is 285 g/mol. The Bertz CT molecular complexity index is 681. The third-order valence-electron chi connectivity index (χ3n) is 3.03. The highest BCUT2D eigenvalue weighted by atomic mass is 16.5. The Morgan fingerprint density at radius 3 is 2.57 bits per heavy atom. The van der Waals surface area contributed by atoms with E-state index < -0.39 is 0 Å². The molecule has 0 aliphatic carbocycles. The molecule has 0 unspecified atom stereocenters. The highest BCUT2D eigenvalue weighted by Crippen LogP contribution is 2.26. The first kappa shape index (κ1) is 15.0. The number of hydrogen-bond acceptors (Lipinski definition) is 5. The third kappa shape index (κ3) is 3.56. The normalized spacial score (nSPS) is 10.7. The molecule has 0 fully saturated rings. The zero-order valence-electron chi connectivity index (χ0n) is 12.7. The van der Waals surface area contributed by atoms with E-state index in [-0.39, 0.29) is 17.7 Å². The van der Waals surface area contributed by atoms with Gasteiger partial charge in [-0.05, 0) is 44.0 Å². The lowest BCUT2D eigenvalue weighted by molar-refractivity contribution is 0.101. The predicted octanol–water partition coefficient (Wildman–Crippen LogP) is 3.49. The molecule has 0 aliphatic rings. The standard InChI is InChI=1S/C16H19N3O2/c1-9(2)14-7-10(3)18-16(19-14)21-15-6-5-12(17)8-13(15)11(4)20/h5-9H,17H2,1-4H3. The van der Waals surface area contributed by atoms with Gasteiger partial charge in [-0.2, -0.15) is 4.98 Å². The number of nitrogens with two attached hydrogens (primary N) is 1. The fraction of sp³-hybridized carbons (Fsp3) is 0.312. The maximum Gasteiger partial charge on any atom is 0.322 e. The molecular formula is C16H19N3O2. The van der Waals surface area contributed by atoms with Crippen LogP contribution in [0.4, 0.5) is 5.69 Å². The summed E-state index contributed by atoms with van der Waals surface area (Å²) in [5.41, 5.74) is 8.37. The van der Waals surface area contributed by atoms with Crippen LogP contribution in [0.25, 0.3) is 0 Å². The molecule has 0 saturated carbocycles. The van der Waals surface area contributed by atoms with Gasteiger partial charge in [0.1, 0.15) is 5.75 Å². The van der Waals surface area contributed by atoms with Crippen LogP contribution in [-0.4, -0.2) is 15.8 Å². The predicted molar refractivity (Wildman–Crippen MR) is 81.8 cm³/mol. The Balaban J connectivity index is 2.41. The number of carbonyl (C=O) groups is 1. The minimum absolute atomic E-state index is 0.117. The first-order valence-electron chi connectivity index (χ1n) is 6.80. The van der Waals surface area contributed by atoms with Crippen molar-refractivity contribution in [1.29, 1.82) is 0 Å². The number of aromatic nitrogens is 2. The number of carbonyl (C=O) groups excluding carboxylic acids is 1. The molecule has 2 rings (SSSR count). The molecule has 0 aliphatic heterocycles.